The van der Waals surface area contributed by atoms with Crippen molar-refractivity contribution in [3.05, 3.63) is 23.8 Å². The van der Waals surface area contributed by atoms with Gasteiger partial charge in [0.1, 0.15) is 0 Å². The van der Waals surface area contributed by atoms with Gasteiger partial charge in [0.2, 0.25) is 0 Å². The molecular weight excluding hydrogens is 284 g/mol. The molecule has 0 aliphatic rings. The Morgan fingerprint density at radius 3 is 2.14 bits per heavy atom. The lowest BCUT2D eigenvalue weighted by Gasteiger charge is -2.02. The fourth-order valence-corrected chi connectivity index (χ4v) is 1.70. The van der Waals surface area contributed by atoms with Crippen LogP contribution in [0.25, 0.3) is 0 Å². The Balaban J connectivity index is 0.000000220. The highest BCUT2D eigenvalue weighted by Gasteiger charge is 2.00. The fourth-order valence-electron chi connectivity index (χ4n) is 1.70. The van der Waals surface area contributed by atoms with Crippen molar-refractivity contribution in [1.82, 2.24) is 19.6 Å². The van der Waals surface area contributed by atoms with Crippen molar-refractivity contribution in [2.75, 3.05) is 38.9 Å². The maximum absolute atomic E-state index is 5.59. The summed E-state index contributed by atoms with van der Waals surface area (Å²) < 4.78 is 13.4. The molecule has 8 heteroatoms. The molecule has 0 fully saturated rings. The van der Waals surface area contributed by atoms with Gasteiger partial charge in [0.25, 0.3) is 0 Å². The molecule has 2 aromatic heterocycles. The lowest BCUT2D eigenvalue weighted by Crippen LogP contribution is -2.07. The maximum atomic E-state index is 5.59. The van der Waals surface area contributed by atoms with E-state index < -0.39 is 0 Å². The Morgan fingerprint density at radius 1 is 1.05 bits per heavy atom. The summed E-state index contributed by atoms with van der Waals surface area (Å²) in [6.45, 7) is 6.69. The molecule has 0 atom stereocenters. The lowest BCUT2D eigenvalue weighted by molar-refractivity contribution is 0.183. The van der Waals surface area contributed by atoms with E-state index in [2.05, 4.69) is 10.2 Å². The van der Waals surface area contributed by atoms with Crippen molar-refractivity contribution in [2.45, 2.75) is 26.9 Å². The van der Waals surface area contributed by atoms with Gasteiger partial charge in [0.15, 0.2) is 0 Å². The van der Waals surface area contributed by atoms with E-state index in [1.807, 2.05) is 24.7 Å². The van der Waals surface area contributed by atoms with Crippen LogP contribution in [-0.2, 0) is 22.6 Å². The first-order valence-electron chi connectivity index (χ1n) is 7.04. The van der Waals surface area contributed by atoms with Crippen molar-refractivity contribution >= 4 is 11.4 Å². The van der Waals surface area contributed by atoms with Gasteiger partial charge in [-0.05, 0) is 13.8 Å². The highest BCUT2D eigenvalue weighted by molar-refractivity contribution is 5.39. The van der Waals surface area contributed by atoms with Gasteiger partial charge in [-0.15, -0.1) is 0 Å². The van der Waals surface area contributed by atoms with Crippen LogP contribution in [0.4, 0.5) is 11.4 Å². The van der Waals surface area contributed by atoms with Crippen LogP contribution in [0.15, 0.2) is 12.4 Å². The molecule has 0 radical (unpaired) electrons. The summed E-state index contributed by atoms with van der Waals surface area (Å²) in [7, 11) is 3.34. The van der Waals surface area contributed by atoms with Crippen LogP contribution in [0, 0.1) is 13.8 Å². The second kappa shape index (κ2) is 9.06. The largest absolute Gasteiger partial charge is 0.396 e. The molecule has 0 saturated carbocycles. The maximum Gasteiger partial charge on any atom is 0.0822 e. The van der Waals surface area contributed by atoms with Gasteiger partial charge in [0.05, 0.1) is 55.3 Å². The first-order valence-corrected chi connectivity index (χ1v) is 7.04. The Kier molecular flexibility index (Phi) is 7.41. The predicted octanol–water partition coefficient (Wildman–Crippen LogP) is 0.840. The minimum absolute atomic E-state index is 0.667. The standard InChI is InChI=1S/2C7H13N3O/c1-6-7(8)5-10(9-6)3-4-11-2;1-6-7(8)5-9-10(6)3-4-11-2/h2*5H,3-4,8H2,1-2H3. The van der Waals surface area contributed by atoms with E-state index in [1.165, 1.54) is 0 Å². The number of anilines is 2. The number of rotatable bonds is 6. The van der Waals surface area contributed by atoms with Crippen LogP contribution in [0.5, 0.6) is 0 Å². The van der Waals surface area contributed by atoms with Gasteiger partial charge >= 0.3 is 0 Å². The van der Waals surface area contributed by atoms with Crippen LogP contribution < -0.4 is 11.5 Å². The first-order chi connectivity index (χ1) is 10.5. The summed E-state index contributed by atoms with van der Waals surface area (Å²) in [5, 5.41) is 8.22. The molecule has 8 nitrogen and oxygen atoms in total. The lowest BCUT2D eigenvalue weighted by atomic mass is 10.4. The molecule has 0 saturated heterocycles. The molecule has 0 unspecified atom stereocenters. The molecule has 124 valence electrons. The molecule has 0 amide bonds. The Morgan fingerprint density at radius 2 is 1.68 bits per heavy atom. The first kappa shape index (κ1) is 18.0. The summed E-state index contributed by atoms with van der Waals surface area (Å²) in [5.41, 5.74) is 14.5. The van der Waals surface area contributed by atoms with Gasteiger partial charge in [-0.3, -0.25) is 9.36 Å². The van der Waals surface area contributed by atoms with Crippen molar-refractivity contribution in [3.63, 3.8) is 0 Å². The van der Waals surface area contributed by atoms with E-state index in [0.29, 0.717) is 13.2 Å². The monoisotopic (exact) mass is 310 g/mol. The zero-order valence-electron chi connectivity index (χ0n) is 13.7. The highest BCUT2D eigenvalue weighted by Crippen LogP contribution is 2.07. The molecular formula is C14H26N6O2. The third kappa shape index (κ3) is 5.38. The molecule has 22 heavy (non-hydrogen) atoms. The van der Waals surface area contributed by atoms with E-state index in [0.717, 1.165) is 35.9 Å². The van der Waals surface area contributed by atoms with Crippen LogP contribution in [0.2, 0.25) is 0 Å². The van der Waals surface area contributed by atoms with Gasteiger partial charge in [-0.1, -0.05) is 0 Å². The number of aryl methyl sites for hydroxylation is 1. The molecule has 0 aliphatic carbocycles. The van der Waals surface area contributed by atoms with E-state index in [-0.39, 0.29) is 0 Å². The minimum Gasteiger partial charge on any atom is -0.396 e. The van der Waals surface area contributed by atoms with Crippen LogP contribution in [-0.4, -0.2) is 47.0 Å². The third-order valence-electron chi connectivity index (χ3n) is 3.16. The summed E-state index contributed by atoms with van der Waals surface area (Å²) in [4.78, 5) is 0. The Labute approximate surface area is 131 Å². The van der Waals surface area contributed by atoms with Crippen LogP contribution in [0.3, 0.4) is 0 Å². The van der Waals surface area contributed by atoms with E-state index in [9.17, 15) is 0 Å². The van der Waals surface area contributed by atoms with Gasteiger partial charge in [0, 0.05) is 20.4 Å². The zero-order valence-corrected chi connectivity index (χ0v) is 13.7. The number of hydrogen-bond donors (Lipinski definition) is 2. The molecule has 2 rings (SSSR count). The minimum atomic E-state index is 0.667. The van der Waals surface area contributed by atoms with Crippen molar-refractivity contribution in [2.24, 2.45) is 0 Å². The molecule has 0 aliphatic heterocycles. The summed E-state index contributed by atoms with van der Waals surface area (Å²) in [5.74, 6) is 0. The number of aromatic nitrogens is 4. The average molecular weight is 310 g/mol. The number of nitrogens with two attached hydrogens (primary N) is 2. The molecule has 2 aromatic rings. The molecule has 0 bridgehead atoms. The summed E-state index contributed by atoms with van der Waals surface area (Å²) in [6, 6.07) is 0. The number of nitrogen functional groups attached to an aromatic ring is 2. The summed E-state index contributed by atoms with van der Waals surface area (Å²) in [6.07, 6.45) is 3.47. The molecule has 0 aromatic carbocycles. The second-order valence-electron chi connectivity index (χ2n) is 4.83. The molecule has 2 heterocycles. The zero-order chi connectivity index (χ0) is 16.5. The second-order valence-corrected chi connectivity index (χ2v) is 4.83. The topological polar surface area (TPSA) is 106 Å². The average Bonchev–Trinajstić information content (AvgIpc) is 2.99. The van der Waals surface area contributed by atoms with Gasteiger partial charge in [-0.2, -0.15) is 10.2 Å². The number of nitrogens with zero attached hydrogens (tertiary/aromatic N) is 4. The van der Waals surface area contributed by atoms with Crippen molar-refractivity contribution in [3.8, 4) is 0 Å². The highest BCUT2D eigenvalue weighted by atomic mass is 16.5. The van der Waals surface area contributed by atoms with Gasteiger partial charge in [-0.25, -0.2) is 0 Å². The van der Waals surface area contributed by atoms with Crippen molar-refractivity contribution < 1.29 is 9.47 Å². The Hall–Kier alpha value is -2.06. The normalized spacial score (nSPS) is 10.4. The SMILES string of the molecule is COCCn1cc(N)c(C)n1.COCCn1ncc(N)c1C. The summed E-state index contributed by atoms with van der Waals surface area (Å²) >= 11 is 0. The van der Waals surface area contributed by atoms with Crippen LogP contribution >= 0.6 is 0 Å². The Bertz CT molecular complexity index is 544. The van der Waals surface area contributed by atoms with Gasteiger partial charge < -0.3 is 20.9 Å². The smallest absolute Gasteiger partial charge is 0.0822 e. The fraction of sp³-hybridized carbons (Fsp3) is 0.571. The molecule has 0 spiro atoms. The van der Waals surface area contributed by atoms with E-state index >= 15 is 0 Å². The van der Waals surface area contributed by atoms with Crippen LogP contribution in [0.1, 0.15) is 11.4 Å². The van der Waals surface area contributed by atoms with E-state index in [1.54, 1.807) is 25.1 Å². The number of hydrogen-bond acceptors (Lipinski definition) is 6. The third-order valence-corrected chi connectivity index (χ3v) is 3.16. The number of ether oxygens (including phenoxy) is 2. The predicted molar refractivity (Wildman–Crippen MR) is 86.5 cm³/mol. The van der Waals surface area contributed by atoms with Crippen molar-refractivity contribution in [1.29, 1.82) is 0 Å². The number of methoxy groups -OCH3 is 2. The quantitative estimate of drug-likeness (QED) is 0.819. The molecule has 4 N–H and O–H groups in total. The van der Waals surface area contributed by atoms with E-state index in [4.69, 9.17) is 20.9 Å².